The molecule has 36 heavy (non-hydrogen) atoms. The van der Waals surface area contributed by atoms with E-state index >= 15 is 0 Å². The van der Waals surface area contributed by atoms with Crippen molar-refractivity contribution in [3.63, 3.8) is 0 Å². The minimum atomic E-state index is -0.761. The van der Waals surface area contributed by atoms with Crippen LogP contribution in [0, 0.1) is 11.8 Å². The van der Waals surface area contributed by atoms with Crippen LogP contribution in [0.25, 0.3) is 0 Å². The molecule has 0 aromatic rings. The van der Waals surface area contributed by atoms with Crippen LogP contribution in [0.15, 0.2) is 0 Å². The van der Waals surface area contributed by atoms with E-state index in [1.54, 1.807) is 0 Å². The summed E-state index contributed by atoms with van der Waals surface area (Å²) in [4.78, 5) is 24.0. The van der Waals surface area contributed by atoms with E-state index in [2.05, 4.69) is 27.7 Å². The van der Waals surface area contributed by atoms with E-state index in [0.717, 1.165) is 50.4 Å². The van der Waals surface area contributed by atoms with Crippen LogP contribution in [0.2, 0.25) is 0 Å². The highest BCUT2D eigenvalue weighted by atomic mass is 16.6. The minimum Gasteiger partial charge on any atom is -0.462 e. The Morgan fingerprint density at radius 3 is 1.31 bits per heavy atom. The maximum atomic E-state index is 12.0. The predicted octanol–water partition coefficient (Wildman–Crippen LogP) is 8.55. The van der Waals surface area contributed by atoms with Crippen LogP contribution in [0.5, 0.6) is 0 Å². The zero-order valence-corrected chi connectivity index (χ0v) is 24.4. The van der Waals surface area contributed by atoms with Crippen LogP contribution in [0.4, 0.5) is 0 Å². The molecule has 1 N–H and O–H groups in total. The van der Waals surface area contributed by atoms with Crippen molar-refractivity contribution in [2.75, 3.05) is 13.2 Å². The Kier molecular flexibility index (Phi) is 24.8. The summed E-state index contributed by atoms with van der Waals surface area (Å²) >= 11 is 0. The third kappa shape index (κ3) is 26.0. The summed E-state index contributed by atoms with van der Waals surface area (Å²) in [5.41, 5.74) is 0. The largest absolute Gasteiger partial charge is 0.462 e. The van der Waals surface area contributed by atoms with Gasteiger partial charge in [0.25, 0.3) is 0 Å². The van der Waals surface area contributed by atoms with Gasteiger partial charge in [0, 0.05) is 12.8 Å². The van der Waals surface area contributed by atoms with Gasteiger partial charge in [0.2, 0.25) is 0 Å². The first-order valence-electron chi connectivity index (χ1n) is 15.3. The average molecular weight is 513 g/mol. The van der Waals surface area contributed by atoms with Gasteiger partial charge in [-0.3, -0.25) is 9.59 Å². The van der Waals surface area contributed by atoms with Gasteiger partial charge < -0.3 is 14.6 Å². The van der Waals surface area contributed by atoms with Crippen molar-refractivity contribution >= 4 is 11.9 Å². The summed E-state index contributed by atoms with van der Waals surface area (Å²) in [6.45, 7) is 8.73. The summed E-state index contributed by atoms with van der Waals surface area (Å²) in [5.74, 6) is 1.02. The molecule has 0 saturated carbocycles. The number of unbranched alkanes of at least 4 members (excludes halogenated alkanes) is 14. The first-order valence-corrected chi connectivity index (χ1v) is 15.3. The highest BCUT2D eigenvalue weighted by Crippen LogP contribution is 2.15. The Morgan fingerprint density at radius 2 is 0.917 bits per heavy atom. The zero-order chi connectivity index (χ0) is 26.9. The Labute approximate surface area is 223 Å². The van der Waals surface area contributed by atoms with Crippen LogP contribution in [0.1, 0.15) is 156 Å². The van der Waals surface area contributed by atoms with Crippen molar-refractivity contribution in [3.8, 4) is 0 Å². The van der Waals surface area contributed by atoms with Crippen LogP contribution in [-0.2, 0) is 19.1 Å². The van der Waals surface area contributed by atoms with Crippen LogP contribution in [0.3, 0.4) is 0 Å². The zero-order valence-electron chi connectivity index (χ0n) is 24.4. The molecule has 1 atom stereocenters. The number of esters is 2. The molecule has 0 heterocycles. The van der Waals surface area contributed by atoms with Crippen LogP contribution >= 0.6 is 0 Å². The lowest BCUT2D eigenvalue weighted by Crippen LogP contribution is -2.28. The number of hydrogen-bond acceptors (Lipinski definition) is 5. The minimum absolute atomic E-state index is 0.0613. The van der Waals surface area contributed by atoms with Crippen molar-refractivity contribution in [3.05, 3.63) is 0 Å². The molecular weight excluding hydrogens is 452 g/mol. The molecule has 0 rings (SSSR count). The molecule has 1 unspecified atom stereocenters. The van der Waals surface area contributed by atoms with Gasteiger partial charge in [-0.2, -0.15) is 0 Å². The van der Waals surface area contributed by atoms with Crippen molar-refractivity contribution in [2.24, 2.45) is 11.8 Å². The Balaban J connectivity index is 3.59. The summed E-state index contributed by atoms with van der Waals surface area (Å²) in [6.07, 6.45) is 21.6. The number of hydrogen-bond donors (Lipinski definition) is 1. The molecule has 0 aromatic carbocycles. The topological polar surface area (TPSA) is 72.8 Å². The van der Waals surface area contributed by atoms with Gasteiger partial charge in [0.1, 0.15) is 6.61 Å². The lowest BCUT2D eigenvalue weighted by molar-refractivity contribution is -0.161. The van der Waals surface area contributed by atoms with E-state index in [1.807, 2.05) is 0 Å². The molecule has 0 aromatic heterocycles. The second-order valence-corrected chi connectivity index (χ2v) is 11.5. The van der Waals surface area contributed by atoms with Gasteiger partial charge in [0.05, 0.1) is 6.61 Å². The SMILES string of the molecule is CC(C)CCCCCCCCCCC(=O)OCC(CO)OC(=O)CCCCCCCCCCC(C)C. The second kappa shape index (κ2) is 25.5. The van der Waals surface area contributed by atoms with Crippen LogP contribution in [-0.4, -0.2) is 36.4 Å². The molecule has 0 saturated heterocycles. The third-order valence-corrected chi connectivity index (χ3v) is 6.76. The molecule has 0 aliphatic heterocycles. The number of aliphatic hydroxyl groups is 1. The van der Waals surface area contributed by atoms with Crippen molar-refractivity contribution in [2.45, 2.75) is 162 Å². The van der Waals surface area contributed by atoms with E-state index in [4.69, 9.17) is 9.47 Å². The van der Waals surface area contributed by atoms with Gasteiger partial charge >= 0.3 is 11.9 Å². The summed E-state index contributed by atoms with van der Waals surface area (Å²) < 4.78 is 10.5. The summed E-state index contributed by atoms with van der Waals surface area (Å²) in [7, 11) is 0. The highest BCUT2D eigenvalue weighted by Gasteiger charge is 2.16. The summed E-state index contributed by atoms with van der Waals surface area (Å²) in [5, 5.41) is 9.46. The average Bonchev–Trinajstić information content (AvgIpc) is 2.83. The fraction of sp³-hybridized carbons (Fsp3) is 0.935. The number of carbonyl (C=O) groups is 2. The van der Waals surface area contributed by atoms with Crippen molar-refractivity contribution in [1.82, 2.24) is 0 Å². The van der Waals surface area contributed by atoms with Crippen molar-refractivity contribution in [1.29, 1.82) is 0 Å². The molecule has 0 aliphatic carbocycles. The molecular formula is C31H60O5. The van der Waals surface area contributed by atoms with Gasteiger partial charge in [-0.1, -0.05) is 130 Å². The van der Waals surface area contributed by atoms with Gasteiger partial charge in [-0.25, -0.2) is 0 Å². The highest BCUT2D eigenvalue weighted by molar-refractivity contribution is 5.70. The van der Waals surface area contributed by atoms with E-state index < -0.39 is 6.10 Å². The number of ether oxygens (including phenoxy) is 2. The molecule has 214 valence electrons. The maximum absolute atomic E-state index is 12.0. The van der Waals surface area contributed by atoms with Gasteiger partial charge in [-0.15, -0.1) is 0 Å². The number of rotatable bonds is 26. The van der Waals surface area contributed by atoms with E-state index in [9.17, 15) is 14.7 Å². The predicted molar refractivity (Wildman–Crippen MR) is 150 cm³/mol. The first kappa shape index (κ1) is 34.9. The molecule has 0 fully saturated rings. The standard InChI is InChI=1S/C31H60O5/c1-27(2)21-17-13-9-5-7-11-15-19-23-30(33)35-26-29(25-32)36-31(34)24-20-16-12-8-6-10-14-18-22-28(3)4/h27-29,32H,5-26H2,1-4H3. The smallest absolute Gasteiger partial charge is 0.306 e. The van der Waals surface area contributed by atoms with Crippen molar-refractivity contribution < 1.29 is 24.2 Å². The van der Waals surface area contributed by atoms with E-state index in [1.165, 1.54) is 77.0 Å². The number of aliphatic hydroxyl groups excluding tert-OH is 1. The van der Waals surface area contributed by atoms with E-state index in [-0.39, 0.29) is 25.2 Å². The summed E-state index contributed by atoms with van der Waals surface area (Å²) in [6, 6.07) is 0. The molecule has 0 radical (unpaired) electrons. The fourth-order valence-electron chi connectivity index (χ4n) is 4.39. The molecule has 0 spiro atoms. The molecule has 0 bridgehead atoms. The molecule has 0 amide bonds. The van der Waals surface area contributed by atoms with Gasteiger partial charge in [0.15, 0.2) is 6.10 Å². The third-order valence-electron chi connectivity index (χ3n) is 6.76. The second-order valence-electron chi connectivity index (χ2n) is 11.5. The Hall–Kier alpha value is -1.10. The molecule has 5 heteroatoms. The quantitative estimate of drug-likeness (QED) is 0.0928. The van der Waals surface area contributed by atoms with E-state index in [0.29, 0.717) is 12.8 Å². The normalized spacial score (nSPS) is 12.3. The first-order chi connectivity index (χ1) is 17.3. The number of carbonyl (C=O) groups excluding carboxylic acids is 2. The lowest BCUT2D eigenvalue weighted by Gasteiger charge is -2.15. The monoisotopic (exact) mass is 512 g/mol. The lowest BCUT2D eigenvalue weighted by atomic mass is 10.0. The van der Waals surface area contributed by atoms with Crippen LogP contribution < -0.4 is 0 Å². The molecule has 0 aliphatic rings. The Morgan fingerprint density at radius 1 is 0.556 bits per heavy atom. The van der Waals surface area contributed by atoms with Gasteiger partial charge in [-0.05, 0) is 24.7 Å². The molecule has 5 nitrogen and oxygen atoms in total. The maximum Gasteiger partial charge on any atom is 0.306 e. The fourth-order valence-corrected chi connectivity index (χ4v) is 4.39. The Bertz CT molecular complexity index is 503.